The Morgan fingerprint density at radius 1 is 1.20 bits per heavy atom. The van der Waals surface area contributed by atoms with Crippen molar-refractivity contribution < 1.29 is 18.0 Å². The number of carbonyl (C=O) groups excluding carboxylic acids is 1. The molecule has 5 nitrogen and oxygen atoms in total. The number of carbonyl (C=O) groups is 1. The minimum atomic E-state index is -5.04. The van der Waals surface area contributed by atoms with Crippen LogP contribution in [-0.2, 0) is 11.8 Å². The van der Waals surface area contributed by atoms with E-state index >= 15 is 0 Å². The first-order valence-electron chi connectivity index (χ1n) is 5.53. The maximum Gasteiger partial charge on any atom is 0.471 e. The Kier molecular flexibility index (Phi) is 3.39. The molecular weight excluding hydrogens is 275 g/mol. The van der Waals surface area contributed by atoms with Crippen LogP contribution in [0.4, 0.5) is 18.9 Å². The second-order valence-electron chi connectivity index (χ2n) is 4.02. The van der Waals surface area contributed by atoms with Gasteiger partial charge in [0, 0.05) is 7.05 Å². The zero-order valence-corrected chi connectivity index (χ0v) is 10.3. The molecule has 1 aromatic carbocycles. The number of alkyl halides is 3. The summed E-state index contributed by atoms with van der Waals surface area (Å²) in [5.74, 6) is -2.18. The van der Waals surface area contributed by atoms with Crippen LogP contribution in [0.2, 0.25) is 0 Å². The third kappa shape index (κ3) is 2.58. The van der Waals surface area contributed by atoms with Gasteiger partial charge in [-0.2, -0.15) is 13.2 Å². The highest BCUT2D eigenvalue weighted by molar-refractivity contribution is 5.94. The molecule has 0 aliphatic rings. The quantitative estimate of drug-likeness (QED) is 0.912. The highest BCUT2D eigenvalue weighted by Crippen LogP contribution is 2.17. The van der Waals surface area contributed by atoms with Crippen molar-refractivity contribution in [1.29, 1.82) is 0 Å². The number of hydrogen-bond acceptors (Lipinski definition) is 2. The molecule has 0 radical (unpaired) electrons. The zero-order valence-electron chi connectivity index (χ0n) is 10.3. The third-order valence-corrected chi connectivity index (χ3v) is 2.56. The zero-order chi connectivity index (χ0) is 14.9. The van der Waals surface area contributed by atoms with Crippen LogP contribution in [0.15, 0.2) is 41.3 Å². The van der Waals surface area contributed by atoms with Crippen molar-refractivity contribution in [2.75, 3.05) is 5.32 Å². The van der Waals surface area contributed by atoms with Gasteiger partial charge in [0.05, 0.1) is 11.9 Å². The van der Waals surface area contributed by atoms with E-state index in [4.69, 9.17) is 0 Å². The first kappa shape index (κ1) is 13.9. The molecule has 20 heavy (non-hydrogen) atoms. The summed E-state index contributed by atoms with van der Waals surface area (Å²) in [6.45, 7) is 0. The molecule has 0 atom stereocenters. The molecule has 1 heterocycles. The number of anilines is 1. The summed E-state index contributed by atoms with van der Waals surface area (Å²) in [6, 6.07) is 8.35. The van der Waals surface area contributed by atoms with Gasteiger partial charge in [-0.25, -0.2) is 4.68 Å². The van der Waals surface area contributed by atoms with Crippen molar-refractivity contribution >= 4 is 11.6 Å². The monoisotopic (exact) mass is 285 g/mol. The van der Waals surface area contributed by atoms with Crippen molar-refractivity contribution in [1.82, 2.24) is 9.36 Å². The van der Waals surface area contributed by atoms with E-state index in [1.54, 1.807) is 35.6 Å². The fraction of sp³-hybridized carbons (Fsp3) is 0.167. The Hall–Kier alpha value is -2.51. The minimum Gasteiger partial charge on any atom is -0.312 e. The summed E-state index contributed by atoms with van der Waals surface area (Å²) in [4.78, 5) is 22.9. The van der Waals surface area contributed by atoms with Gasteiger partial charge in [0.1, 0.15) is 5.69 Å². The number of amides is 1. The maximum atomic E-state index is 12.2. The van der Waals surface area contributed by atoms with E-state index in [0.29, 0.717) is 5.69 Å². The molecular formula is C12H10F3N3O2. The van der Waals surface area contributed by atoms with Crippen LogP contribution in [0.25, 0.3) is 5.69 Å². The molecule has 2 rings (SSSR count). The Morgan fingerprint density at radius 3 is 2.35 bits per heavy atom. The number of benzene rings is 1. The summed E-state index contributed by atoms with van der Waals surface area (Å²) >= 11 is 0. The molecule has 0 aliphatic carbocycles. The lowest BCUT2D eigenvalue weighted by Crippen LogP contribution is -2.32. The van der Waals surface area contributed by atoms with Crippen molar-refractivity contribution in [2.24, 2.45) is 7.05 Å². The number of aryl methyl sites for hydroxylation is 1. The van der Waals surface area contributed by atoms with Gasteiger partial charge in [-0.15, -0.1) is 0 Å². The van der Waals surface area contributed by atoms with E-state index in [2.05, 4.69) is 0 Å². The lowest BCUT2D eigenvalue weighted by molar-refractivity contribution is -0.167. The first-order valence-corrected chi connectivity index (χ1v) is 5.53. The van der Waals surface area contributed by atoms with Gasteiger partial charge in [0.25, 0.3) is 5.56 Å². The molecule has 1 aromatic heterocycles. The lowest BCUT2D eigenvalue weighted by atomic mass is 10.3. The lowest BCUT2D eigenvalue weighted by Gasteiger charge is -2.05. The van der Waals surface area contributed by atoms with Gasteiger partial charge < -0.3 is 5.32 Å². The molecule has 106 valence electrons. The predicted molar refractivity (Wildman–Crippen MR) is 65.7 cm³/mol. The normalized spacial score (nSPS) is 11.4. The fourth-order valence-electron chi connectivity index (χ4n) is 1.70. The molecule has 0 saturated carbocycles. The molecule has 0 aliphatic heterocycles. The number of halogens is 3. The number of aromatic nitrogens is 2. The van der Waals surface area contributed by atoms with E-state index in [0.717, 1.165) is 10.9 Å². The number of hydrogen-bond donors (Lipinski definition) is 1. The molecule has 1 amide bonds. The second kappa shape index (κ2) is 4.87. The van der Waals surface area contributed by atoms with Crippen molar-refractivity contribution in [3.63, 3.8) is 0 Å². The number of para-hydroxylation sites is 1. The molecule has 2 aromatic rings. The van der Waals surface area contributed by atoms with E-state index < -0.39 is 23.3 Å². The Morgan fingerprint density at radius 2 is 1.80 bits per heavy atom. The number of nitrogens with zero attached hydrogens (tertiary/aromatic N) is 2. The largest absolute Gasteiger partial charge is 0.471 e. The van der Waals surface area contributed by atoms with E-state index in [-0.39, 0.29) is 0 Å². The number of rotatable bonds is 2. The summed E-state index contributed by atoms with van der Waals surface area (Å²) in [5, 5.41) is 1.56. The van der Waals surface area contributed by atoms with Crippen molar-refractivity contribution in [2.45, 2.75) is 6.18 Å². The Bertz CT molecular complexity index is 686. The van der Waals surface area contributed by atoms with Crippen LogP contribution in [0.1, 0.15) is 0 Å². The summed E-state index contributed by atoms with van der Waals surface area (Å²) in [7, 11) is 1.48. The van der Waals surface area contributed by atoms with Gasteiger partial charge in [-0.05, 0) is 12.1 Å². The predicted octanol–water partition coefficient (Wildman–Crippen LogP) is 1.68. The summed E-state index contributed by atoms with van der Waals surface area (Å²) in [6.07, 6.45) is -3.92. The highest BCUT2D eigenvalue weighted by atomic mass is 19.4. The van der Waals surface area contributed by atoms with Gasteiger partial charge in [0.2, 0.25) is 0 Å². The van der Waals surface area contributed by atoms with Gasteiger partial charge >= 0.3 is 12.1 Å². The third-order valence-electron chi connectivity index (χ3n) is 2.56. The minimum absolute atomic E-state index is 0.432. The van der Waals surface area contributed by atoms with Crippen LogP contribution in [0, 0.1) is 0 Å². The highest BCUT2D eigenvalue weighted by Gasteiger charge is 2.39. The molecule has 8 heteroatoms. The van der Waals surface area contributed by atoms with E-state index in [1.807, 2.05) is 0 Å². The fourth-order valence-corrected chi connectivity index (χ4v) is 1.70. The Balaban J connectivity index is 2.41. The van der Waals surface area contributed by atoms with Crippen LogP contribution < -0.4 is 10.9 Å². The van der Waals surface area contributed by atoms with Crippen LogP contribution in [-0.4, -0.2) is 21.4 Å². The average molecular weight is 285 g/mol. The van der Waals surface area contributed by atoms with Crippen LogP contribution in [0.5, 0.6) is 0 Å². The SMILES string of the molecule is Cn1cc(NC(=O)C(F)(F)F)c(=O)n1-c1ccccc1. The standard InChI is InChI=1S/C12H10F3N3O2/c1-17-7-9(16-11(20)12(13,14)15)10(19)18(17)8-5-3-2-4-6-8/h2-7H,1H3,(H,16,20). The Labute approximate surface area is 111 Å². The van der Waals surface area contributed by atoms with Gasteiger partial charge in [-0.3, -0.25) is 14.3 Å². The van der Waals surface area contributed by atoms with Crippen molar-refractivity contribution in [3.8, 4) is 5.69 Å². The molecule has 0 saturated heterocycles. The van der Waals surface area contributed by atoms with E-state index in [9.17, 15) is 22.8 Å². The van der Waals surface area contributed by atoms with E-state index in [1.165, 1.54) is 11.7 Å². The van der Waals surface area contributed by atoms with Crippen LogP contribution >= 0.6 is 0 Å². The summed E-state index contributed by atoms with van der Waals surface area (Å²) < 4.78 is 38.9. The van der Waals surface area contributed by atoms with Gasteiger partial charge in [-0.1, -0.05) is 18.2 Å². The van der Waals surface area contributed by atoms with Crippen molar-refractivity contribution in [3.05, 3.63) is 46.9 Å². The number of nitrogens with one attached hydrogen (secondary N) is 1. The first-order chi connectivity index (χ1) is 9.30. The molecule has 0 bridgehead atoms. The topological polar surface area (TPSA) is 56.0 Å². The van der Waals surface area contributed by atoms with Crippen LogP contribution in [0.3, 0.4) is 0 Å². The smallest absolute Gasteiger partial charge is 0.312 e. The maximum absolute atomic E-state index is 12.2. The molecule has 0 unspecified atom stereocenters. The second-order valence-corrected chi connectivity index (χ2v) is 4.02. The molecule has 0 spiro atoms. The summed E-state index contributed by atoms with van der Waals surface area (Å²) in [5.41, 5.74) is -0.692. The average Bonchev–Trinajstić information content (AvgIpc) is 2.64. The molecule has 1 N–H and O–H groups in total. The van der Waals surface area contributed by atoms with Gasteiger partial charge in [0.15, 0.2) is 0 Å². The molecule has 0 fully saturated rings.